The van der Waals surface area contributed by atoms with Crippen LogP contribution in [0.2, 0.25) is 0 Å². The Kier molecular flexibility index (Phi) is 3.74. The summed E-state index contributed by atoms with van der Waals surface area (Å²) in [5, 5.41) is 14.8. The van der Waals surface area contributed by atoms with Crippen molar-refractivity contribution in [2.75, 3.05) is 6.61 Å². The molecule has 0 atom stereocenters. The first-order chi connectivity index (χ1) is 9.08. The normalized spacial score (nSPS) is 10.4. The van der Waals surface area contributed by atoms with Gasteiger partial charge < -0.3 is 4.74 Å². The summed E-state index contributed by atoms with van der Waals surface area (Å²) >= 11 is 0. The average Bonchev–Trinajstić information content (AvgIpc) is 2.75. The Bertz CT molecular complexity index is 598. The van der Waals surface area contributed by atoms with E-state index >= 15 is 0 Å². The third-order valence-electron chi connectivity index (χ3n) is 2.66. The van der Waals surface area contributed by atoms with Crippen molar-refractivity contribution in [3.05, 3.63) is 52.1 Å². The highest BCUT2D eigenvalue weighted by molar-refractivity contribution is 5.46. The monoisotopic (exact) mass is 265 g/mol. The van der Waals surface area contributed by atoms with Crippen LogP contribution < -0.4 is 4.74 Å². The summed E-state index contributed by atoms with van der Waals surface area (Å²) in [6, 6.07) is 4.96. The Morgan fingerprint density at radius 2 is 2.26 bits per heavy atom. The number of hydrogen-bond acceptors (Lipinski definition) is 4. The zero-order valence-electron chi connectivity index (χ0n) is 10.2. The van der Waals surface area contributed by atoms with Crippen LogP contribution in [0.25, 0.3) is 0 Å². The topological polar surface area (TPSA) is 70.2 Å². The second-order valence-electron chi connectivity index (χ2n) is 3.91. The van der Waals surface area contributed by atoms with Crippen molar-refractivity contribution in [3.63, 3.8) is 0 Å². The molecule has 0 fully saturated rings. The van der Waals surface area contributed by atoms with Gasteiger partial charge in [-0.05, 0) is 12.1 Å². The number of nitro groups is 1. The van der Waals surface area contributed by atoms with E-state index in [9.17, 15) is 14.5 Å². The number of nitro benzene ring substituents is 1. The Labute approximate surface area is 108 Å². The molecule has 0 aliphatic carbocycles. The van der Waals surface area contributed by atoms with E-state index in [4.69, 9.17) is 4.74 Å². The van der Waals surface area contributed by atoms with Gasteiger partial charge in [0.25, 0.3) is 0 Å². The molecule has 0 aliphatic heterocycles. The van der Waals surface area contributed by atoms with Crippen molar-refractivity contribution in [2.24, 2.45) is 7.05 Å². The summed E-state index contributed by atoms with van der Waals surface area (Å²) in [5.74, 6) is -0.631. The van der Waals surface area contributed by atoms with Crippen molar-refractivity contribution in [2.45, 2.75) is 6.42 Å². The molecule has 100 valence electrons. The molecular weight excluding hydrogens is 253 g/mol. The number of halogens is 1. The summed E-state index contributed by atoms with van der Waals surface area (Å²) in [6.07, 6.45) is 2.18. The molecule has 1 aromatic carbocycles. The smallest absolute Gasteiger partial charge is 0.311 e. The van der Waals surface area contributed by atoms with Crippen LogP contribution >= 0.6 is 0 Å². The van der Waals surface area contributed by atoms with Crippen LogP contribution in [0.4, 0.5) is 10.1 Å². The molecule has 19 heavy (non-hydrogen) atoms. The highest BCUT2D eigenvalue weighted by Crippen LogP contribution is 2.27. The molecule has 0 aliphatic rings. The van der Waals surface area contributed by atoms with E-state index in [0.29, 0.717) is 6.42 Å². The van der Waals surface area contributed by atoms with Gasteiger partial charge in [-0.2, -0.15) is 5.10 Å². The van der Waals surface area contributed by atoms with Gasteiger partial charge in [0.05, 0.1) is 11.5 Å². The van der Waals surface area contributed by atoms with Gasteiger partial charge in [-0.3, -0.25) is 14.8 Å². The van der Waals surface area contributed by atoms with Crippen LogP contribution in [0, 0.1) is 15.9 Å². The molecule has 6 nitrogen and oxygen atoms in total. The van der Waals surface area contributed by atoms with Crippen LogP contribution in [0.5, 0.6) is 5.75 Å². The number of aryl methyl sites for hydroxylation is 1. The third-order valence-corrected chi connectivity index (χ3v) is 2.66. The van der Waals surface area contributed by atoms with Gasteiger partial charge >= 0.3 is 5.69 Å². The van der Waals surface area contributed by atoms with E-state index in [1.165, 1.54) is 0 Å². The van der Waals surface area contributed by atoms with Crippen LogP contribution in [0.1, 0.15) is 5.69 Å². The van der Waals surface area contributed by atoms with Crippen LogP contribution in [0.15, 0.2) is 30.5 Å². The molecule has 0 radical (unpaired) electrons. The molecule has 1 heterocycles. The minimum Gasteiger partial charge on any atom is -0.486 e. The zero-order valence-corrected chi connectivity index (χ0v) is 10.2. The van der Waals surface area contributed by atoms with Gasteiger partial charge in [0, 0.05) is 37.5 Å². The summed E-state index contributed by atoms with van der Waals surface area (Å²) in [4.78, 5) is 10.2. The SMILES string of the molecule is Cn1nccc1CCOc1cc(F)ccc1[N+](=O)[O-]. The predicted molar refractivity (Wildman–Crippen MR) is 65.5 cm³/mol. The fraction of sp³-hybridized carbons (Fsp3) is 0.250. The molecule has 2 aromatic rings. The molecule has 0 N–H and O–H groups in total. The maximum atomic E-state index is 13.1. The maximum absolute atomic E-state index is 13.1. The van der Waals surface area contributed by atoms with Crippen molar-refractivity contribution in [1.82, 2.24) is 9.78 Å². The molecule has 0 saturated carbocycles. The van der Waals surface area contributed by atoms with Crippen LogP contribution in [0.3, 0.4) is 0 Å². The lowest BCUT2D eigenvalue weighted by Crippen LogP contribution is -2.07. The first kappa shape index (κ1) is 13.0. The summed E-state index contributed by atoms with van der Waals surface area (Å²) < 4.78 is 20.0. The number of rotatable bonds is 5. The first-order valence-electron chi connectivity index (χ1n) is 5.61. The van der Waals surface area contributed by atoms with Gasteiger partial charge in [0.15, 0.2) is 5.75 Å². The van der Waals surface area contributed by atoms with Crippen molar-refractivity contribution in [3.8, 4) is 5.75 Å². The Morgan fingerprint density at radius 3 is 2.89 bits per heavy atom. The molecule has 7 heteroatoms. The first-order valence-corrected chi connectivity index (χ1v) is 5.61. The zero-order chi connectivity index (χ0) is 13.8. The van der Waals surface area contributed by atoms with Crippen molar-refractivity contribution < 1.29 is 14.1 Å². The van der Waals surface area contributed by atoms with Crippen LogP contribution in [-0.2, 0) is 13.5 Å². The second kappa shape index (κ2) is 5.47. The molecule has 0 amide bonds. The predicted octanol–water partition coefficient (Wildman–Crippen LogP) is 2.09. The molecule has 0 unspecified atom stereocenters. The molecule has 0 spiro atoms. The number of nitrogens with zero attached hydrogens (tertiary/aromatic N) is 3. The summed E-state index contributed by atoms with van der Waals surface area (Å²) in [5.41, 5.74) is 0.686. The van der Waals surface area contributed by atoms with Crippen molar-refractivity contribution >= 4 is 5.69 Å². The Hall–Kier alpha value is -2.44. The lowest BCUT2D eigenvalue weighted by atomic mass is 10.3. The summed E-state index contributed by atoms with van der Waals surface area (Å²) in [6.45, 7) is 0.212. The number of ether oxygens (including phenoxy) is 1. The van der Waals surface area contributed by atoms with Gasteiger partial charge in [0.2, 0.25) is 0 Å². The van der Waals surface area contributed by atoms with Gasteiger partial charge in [-0.1, -0.05) is 0 Å². The minimum absolute atomic E-state index is 0.0628. The van der Waals surface area contributed by atoms with E-state index in [-0.39, 0.29) is 18.0 Å². The van der Waals surface area contributed by atoms with Gasteiger partial charge in [-0.15, -0.1) is 0 Å². The van der Waals surface area contributed by atoms with E-state index < -0.39 is 10.7 Å². The molecule has 0 saturated heterocycles. The fourth-order valence-corrected chi connectivity index (χ4v) is 1.67. The van der Waals surface area contributed by atoms with E-state index in [2.05, 4.69) is 5.10 Å². The second-order valence-corrected chi connectivity index (χ2v) is 3.91. The number of aromatic nitrogens is 2. The van der Waals surface area contributed by atoms with Gasteiger partial charge in [0.1, 0.15) is 5.82 Å². The lowest BCUT2D eigenvalue weighted by molar-refractivity contribution is -0.385. The maximum Gasteiger partial charge on any atom is 0.311 e. The Morgan fingerprint density at radius 1 is 1.47 bits per heavy atom. The van der Waals surface area contributed by atoms with Crippen LogP contribution in [-0.4, -0.2) is 21.3 Å². The molecule has 2 rings (SSSR count). The number of benzene rings is 1. The number of hydrogen-bond donors (Lipinski definition) is 0. The van der Waals surface area contributed by atoms with Gasteiger partial charge in [-0.25, -0.2) is 4.39 Å². The van der Waals surface area contributed by atoms with E-state index in [1.807, 2.05) is 6.07 Å². The lowest BCUT2D eigenvalue weighted by Gasteiger charge is -2.07. The fourth-order valence-electron chi connectivity index (χ4n) is 1.67. The average molecular weight is 265 g/mol. The van der Waals surface area contributed by atoms with E-state index in [1.54, 1.807) is 17.9 Å². The standard InChI is InChI=1S/C12H12FN3O3/c1-15-10(4-6-14-15)5-7-19-12-8-9(13)2-3-11(12)16(17)18/h2-4,6,8H,5,7H2,1H3. The quantitative estimate of drug-likeness (QED) is 0.613. The minimum atomic E-state index is -0.598. The molecule has 1 aromatic heterocycles. The summed E-state index contributed by atoms with van der Waals surface area (Å²) in [7, 11) is 1.79. The highest BCUT2D eigenvalue weighted by Gasteiger charge is 2.15. The van der Waals surface area contributed by atoms with Crippen molar-refractivity contribution in [1.29, 1.82) is 0 Å². The third kappa shape index (κ3) is 3.06. The van der Waals surface area contributed by atoms with E-state index in [0.717, 1.165) is 23.9 Å². The largest absolute Gasteiger partial charge is 0.486 e. The Balaban J connectivity index is 2.05. The molecular formula is C12H12FN3O3. The molecule has 0 bridgehead atoms. The highest BCUT2D eigenvalue weighted by atomic mass is 19.1.